The molecule has 0 amide bonds. The first-order chi connectivity index (χ1) is 11.8. The first kappa shape index (κ1) is 14.9. The smallest absolute Gasteiger partial charge is 0.170 e. The fourth-order valence-corrected chi connectivity index (χ4v) is 3.24. The van der Waals surface area contributed by atoms with Gasteiger partial charge in [0.05, 0.1) is 18.3 Å². The third-order valence-corrected chi connectivity index (χ3v) is 4.41. The number of hydrogen-bond acceptors (Lipinski definition) is 6. The molecule has 0 radical (unpaired) electrons. The van der Waals surface area contributed by atoms with E-state index in [1.54, 1.807) is 4.68 Å². The molecule has 0 saturated carbocycles. The monoisotopic (exact) mass is 324 g/mol. The van der Waals surface area contributed by atoms with Crippen LogP contribution in [0.25, 0.3) is 5.69 Å². The molecule has 3 aromatic rings. The summed E-state index contributed by atoms with van der Waals surface area (Å²) in [5.41, 5.74) is 0.972. The second kappa shape index (κ2) is 6.48. The second-order valence-electron chi connectivity index (χ2n) is 6.10. The zero-order chi connectivity index (χ0) is 16.4. The van der Waals surface area contributed by atoms with Gasteiger partial charge in [-0.2, -0.15) is 9.78 Å². The van der Waals surface area contributed by atoms with Crippen LogP contribution in [0.3, 0.4) is 0 Å². The van der Waals surface area contributed by atoms with Gasteiger partial charge in [0.15, 0.2) is 11.6 Å². The molecule has 1 saturated heterocycles. The minimum absolute atomic E-state index is 0.213. The Kier molecular flexibility index (Phi) is 4.04. The number of likely N-dealkylation sites (tertiary alicyclic amines) is 1. The molecule has 0 spiro atoms. The number of hydrogen-bond donors (Lipinski definition) is 1. The predicted molar refractivity (Wildman–Crippen MR) is 87.3 cm³/mol. The van der Waals surface area contributed by atoms with Crippen LogP contribution in [0.5, 0.6) is 0 Å². The summed E-state index contributed by atoms with van der Waals surface area (Å²) >= 11 is 0. The van der Waals surface area contributed by atoms with Gasteiger partial charge in [-0.25, -0.2) is 4.98 Å². The molecule has 1 aliphatic heterocycles. The van der Waals surface area contributed by atoms with Crippen molar-refractivity contribution >= 4 is 0 Å². The topological polar surface area (TPSA) is 88.4 Å². The van der Waals surface area contributed by atoms with E-state index in [-0.39, 0.29) is 6.04 Å². The molecule has 0 aliphatic carbocycles. The minimum atomic E-state index is 0.213. The van der Waals surface area contributed by atoms with Crippen LogP contribution in [-0.4, -0.2) is 46.8 Å². The lowest BCUT2D eigenvalue weighted by Crippen LogP contribution is -2.34. The zero-order valence-electron chi connectivity index (χ0n) is 13.6. The molecule has 1 fully saturated rings. The van der Waals surface area contributed by atoms with E-state index in [2.05, 4.69) is 35.6 Å². The van der Waals surface area contributed by atoms with E-state index in [4.69, 9.17) is 0 Å². The van der Waals surface area contributed by atoms with E-state index >= 15 is 0 Å². The molecule has 0 bridgehead atoms. The maximum atomic E-state index is 4.53. The Morgan fingerprint density at radius 2 is 2.08 bits per heavy atom. The van der Waals surface area contributed by atoms with E-state index in [0.29, 0.717) is 6.54 Å². The van der Waals surface area contributed by atoms with Gasteiger partial charge in [-0.3, -0.25) is 10.00 Å². The molecular weight excluding hydrogens is 304 g/mol. The van der Waals surface area contributed by atoms with Crippen molar-refractivity contribution in [1.29, 1.82) is 0 Å². The number of aryl methyl sites for hydroxylation is 1. The standard InChI is InChI=1S/C16H20N8/c1-12-17-16(20-18-12)14-9-5-6-10-23(14)11-15-19-21-22-24(15)13-7-3-2-4-8-13/h2-4,7-8,14H,5-6,9-11H2,1H3,(H,17,18,20)/t14-/m0/s1. The Labute approximate surface area is 139 Å². The molecule has 2 aromatic heterocycles. The van der Waals surface area contributed by atoms with Crippen molar-refractivity contribution in [2.24, 2.45) is 0 Å². The van der Waals surface area contributed by atoms with Crippen molar-refractivity contribution in [3.8, 4) is 5.69 Å². The summed E-state index contributed by atoms with van der Waals surface area (Å²) in [5.74, 6) is 2.55. The number of benzene rings is 1. The summed E-state index contributed by atoms with van der Waals surface area (Å²) < 4.78 is 1.80. The summed E-state index contributed by atoms with van der Waals surface area (Å²) in [4.78, 5) is 6.90. The van der Waals surface area contributed by atoms with Gasteiger partial charge in [0.2, 0.25) is 0 Å². The number of nitrogens with one attached hydrogen (secondary N) is 1. The SMILES string of the molecule is Cc1nc([C@@H]2CCCCN2Cc2nnnn2-c2ccccc2)n[nH]1. The number of rotatable bonds is 4. The van der Waals surface area contributed by atoms with Crippen LogP contribution < -0.4 is 0 Å². The van der Waals surface area contributed by atoms with Crippen molar-refractivity contribution in [1.82, 2.24) is 40.3 Å². The Hall–Kier alpha value is -2.61. The van der Waals surface area contributed by atoms with Gasteiger partial charge in [0, 0.05) is 0 Å². The van der Waals surface area contributed by atoms with Crippen molar-refractivity contribution in [2.75, 3.05) is 6.54 Å². The zero-order valence-corrected chi connectivity index (χ0v) is 13.6. The van der Waals surface area contributed by atoms with Gasteiger partial charge in [-0.05, 0) is 48.9 Å². The molecule has 124 valence electrons. The van der Waals surface area contributed by atoms with Crippen LogP contribution in [0.15, 0.2) is 30.3 Å². The number of para-hydroxylation sites is 1. The van der Waals surface area contributed by atoms with Crippen LogP contribution in [-0.2, 0) is 6.54 Å². The Morgan fingerprint density at radius 1 is 1.21 bits per heavy atom. The second-order valence-corrected chi connectivity index (χ2v) is 6.10. The van der Waals surface area contributed by atoms with Crippen molar-refractivity contribution in [3.63, 3.8) is 0 Å². The van der Waals surface area contributed by atoms with Crippen LogP contribution in [0.1, 0.15) is 42.8 Å². The van der Waals surface area contributed by atoms with Crippen LogP contribution >= 0.6 is 0 Å². The molecule has 1 atom stereocenters. The lowest BCUT2D eigenvalue weighted by Gasteiger charge is -2.33. The summed E-state index contributed by atoms with van der Waals surface area (Å²) in [6.45, 7) is 3.61. The highest BCUT2D eigenvalue weighted by molar-refractivity contribution is 5.30. The normalized spacial score (nSPS) is 18.8. The van der Waals surface area contributed by atoms with Gasteiger partial charge < -0.3 is 0 Å². The van der Waals surface area contributed by atoms with Crippen molar-refractivity contribution in [2.45, 2.75) is 38.8 Å². The highest BCUT2D eigenvalue weighted by atomic mass is 15.5. The number of nitrogens with zero attached hydrogens (tertiary/aromatic N) is 7. The van der Waals surface area contributed by atoms with Crippen LogP contribution in [0.2, 0.25) is 0 Å². The van der Waals surface area contributed by atoms with E-state index < -0.39 is 0 Å². The maximum absolute atomic E-state index is 4.53. The Balaban J connectivity index is 1.59. The molecule has 4 rings (SSSR count). The van der Waals surface area contributed by atoms with Crippen molar-refractivity contribution in [3.05, 3.63) is 47.8 Å². The van der Waals surface area contributed by atoms with E-state index in [9.17, 15) is 0 Å². The molecule has 3 heterocycles. The lowest BCUT2D eigenvalue weighted by molar-refractivity contribution is 0.129. The summed E-state index contributed by atoms with van der Waals surface area (Å²) in [6.07, 6.45) is 3.43. The first-order valence-corrected chi connectivity index (χ1v) is 8.27. The van der Waals surface area contributed by atoms with Gasteiger partial charge in [-0.15, -0.1) is 5.10 Å². The molecule has 1 N–H and O–H groups in total. The summed E-state index contributed by atoms with van der Waals surface area (Å²) in [5, 5.41) is 19.6. The first-order valence-electron chi connectivity index (χ1n) is 8.27. The number of H-pyrrole nitrogens is 1. The van der Waals surface area contributed by atoms with Gasteiger partial charge in [0.1, 0.15) is 5.82 Å². The molecule has 8 nitrogen and oxygen atoms in total. The number of aromatic amines is 1. The average molecular weight is 324 g/mol. The van der Waals surface area contributed by atoms with E-state index in [0.717, 1.165) is 36.1 Å². The molecule has 24 heavy (non-hydrogen) atoms. The van der Waals surface area contributed by atoms with Gasteiger partial charge >= 0.3 is 0 Å². The predicted octanol–water partition coefficient (Wildman–Crippen LogP) is 1.82. The average Bonchev–Trinajstić information content (AvgIpc) is 3.25. The van der Waals surface area contributed by atoms with Gasteiger partial charge in [0.25, 0.3) is 0 Å². The van der Waals surface area contributed by atoms with Crippen LogP contribution in [0, 0.1) is 6.92 Å². The summed E-state index contributed by atoms with van der Waals surface area (Å²) in [7, 11) is 0. The van der Waals surface area contributed by atoms with Gasteiger partial charge in [-0.1, -0.05) is 24.6 Å². The largest absolute Gasteiger partial charge is 0.286 e. The lowest BCUT2D eigenvalue weighted by atomic mass is 10.0. The molecule has 1 aromatic carbocycles. The van der Waals surface area contributed by atoms with Crippen LogP contribution in [0.4, 0.5) is 0 Å². The van der Waals surface area contributed by atoms with E-state index in [1.165, 1.54) is 12.8 Å². The molecule has 8 heteroatoms. The highest BCUT2D eigenvalue weighted by Gasteiger charge is 2.28. The molecule has 1 aliphatic rings. The number of piperidine rings is 1. The minimum Gasteiger partial charge on any atom is -0.286 e. The Bertz CT molecular complexity index is 793. The molecule has 0 unspecified atom stereocenters. The quantitative estimate of drug-likeness (QED) is 0.787. The maximum Gasteiger partial charge on any atom is 0.170 e. The number of tetrazole rings is 1. The fourth-order valence-electron chi connectivity index (χ4n) is 3.24. The third kappa shape index (κ3) is 2.92. The van der Waals surface area contributed by atoms with Crippen molar-refractivity contribution < 1.29 is 0 Å². The molecular formula is C16H20N8. The number of aromatic nitrogens is 7. The third-order valence-electron chi connectivity index (χ3n) is 4.41. The fraction of sp³-hybridized carbons (Fsp3) is 0.438. The highest BCUT2D eigenvalue weighted by Crippen LogP contribution is 2.30. The Morgan fingerprint density at radius 3 is 2.88 bits per heavy atom. The summed E-state index contributed by atoms with van der Waals surface area (Å²) in [6, 6.07) is 10.2. The van der Waals surface area contributed by atoms with E-state index in [1.807, 2.05) is 37.3 Å².